The lowest BCUT2D eigenvalue weighted by molar-refractivity contribution is 0.472. The van der Waals surface area contributed by atoms with E-state index in [1.54, 1.807) is 12.3 Å². The van der Waals surface area contributed by atoms with Gasteiger partial charge in [-0.2, -0.15) is 5.10 Å². The normalized spacial score (nSPS) is 12.6. The number of hydrogen-bond acceptors (Lipinski definition) is 3. The summed E-state index contributed by atoms with van der Waals surface area (Å²) in [6, 6.07) is 3.61. The Morgan fingerprint density at radius 3 is 2.76 bits per heavy atom. The minimum absolute atomic E-state index is 0.252. The first-order valence-electron chi connectivity index (χ1n) is 6.68. The third-order valence-corrected chi connectivity index (χ3v) is 3.83. The molecular formula is C14H17BrF2N4. The molecule has 0 aliphatic carbocycles. The summed E-state index contributed by atoms with van der Waals surface area (Å²) < 4.78 is 29.0. The molecule has 21 heavy (non-hydrogen) atoms. The highest BCUT2D eigenvalue weighted by atomic mass is 79.9. The first-order valence-corrected chi connectivity index (χ1v) is 7.47. The molecule has 0 radical (unpaired) electrons. The Balaban J connectivity index is 2.27. The van der Waals surface area contributed by atoms with E-state index < -0.39 is 11.6 Å². The number of nitrogens with one attached hydrogen (secondary N) is 1. The van der Waals surface area contributed by atoms with E-state index in [1.165, 1.54) is 6.07 Å². The molecule has 4 nitrogen and oxygen atoms in total. The van der Waals surface area contributed by atoms with Gasteiger partial charge in [0.05, 0.1) is 22.4 Å². The molecule has 1 aromatic heterocycles. The number of hydrazine groups is 1. The number of hydrogen-bond donors (Lipinski definition) is 2. The van der Waals surface area contributed by atoms with Crippen LogP contribution in [0.25, 0.3) is 0 Å². The monoisotopic (exact) mass is 358 g/mol. The molecular weight excluding hydrogens is 342 g/mol. The van der Waals surface area contributed by atoms with Crippen molar-refractivity contribution >= 4 is 15.9 Å². The van der Waals surface area contributed by atoms with Crippen molar-refractivity contribution in [1.82, 2.24) is 15.2 Å². The van der Waals surface area contributed by atoms with Gasteiger partial charge in [0.2, 0.25) is 0 Å². The lowest BCUT2D eigenvalue weighted by Crippen LogP contribution is -2.31. The van der Waals surface area contributed by atoms with E-state index >= 15 is 0 Å². The second kappa shape index (κ2) is 7.11. The van der Waals surface area contributed by atoms with Crippen molar-refractivity contribution in [3.05, 3.63) is 51.8 Å². The Morgan fingerprint density at radius 1 is 1.38 bits per heavy atom. The molecule has 1 atom stereocenters. The van der Waals surface area contributed by atoms with Crippen molar-refractivity contribution in [3.8, 4) is 0 Å². The first kappa shape index (κ1) is 16.1. The number of rotatable bonds is 6. The second-order valence-electron chi connectivity index (χ2n) is 4.77. The van der Waals surface area contributed by atoms with Crippen molar-refractivity contribution in [2.45, 2.75) is 32.4 Å². The van der Waals surface area contributed by atoms with Crippen LogP contribution in [-0.2, 0) is 13.0 Å². The van der Waals surface area contributed by atoms with Gasteiger partial charge in [0, 0.05) is 6.54 Å². The molecule has 2 aromatic rings. The van der Waals surface area contributed by atoms with Crippen LogP contribution < -0.4 is 11.3 Å². The zero-order valence-corrected chi connectivity index (χ0v) is 13.2. The molecule has 3 N–H and O–H groups in total. The number of aryl methyl sites for hydroxylation is 1. The summed E-state index contributed by atoms with van der Waals surface area (Å²) in [6.07, 6.45) is 3.08. The SMILES string of the molecule is CCCn1ncc(Br)c1C(Cc1ccc(F)c(F)c1)NN. The van der Waals surface area contributed by atoms with Crippen molar-refractivity contribution < 1.29 is 8.78 Å². The van der Waals surface area contributed by atoms with Crippen LogP contribution in [-0.4, -0.2) is 9.78 Å². The van der Waals surface area contributed by atoms with Gasteiger partial charge >= 0.3 is 0 Å². The van der Waals surface area contributed by atoms with Gasteiger partial charge in [0.25, 0.3) is 0 Å². The summed E-state index contributed by atoms with van der Waals surface area (Å²) >= 11 is 3.46. The van der Waals surface area contributed by atoms with Crippen LogP contribution in [0, 0.1) is 11.6 Å². The maximum atomic E-state index is 13.3. The van der Waals surface area contributed by atoms with Gasteiger partial charge in [-0.1, -0.05) is 13.0 Å². The van der Waals surface area contributed by atoms with Crippen molar-refractivity contribution in [1.29, 1.82) is 0 Å². The molecule has 7 heteroatoms. The molecule has 0 aliphatic rings. The highest BCUT2D eigenvalue weighted by molar-refractivity contribution is 9.10. The summed E-state index contributed by atoms with van der Waals surface area (Å²) in [7, 11) is 0. The summed E-state index contributed by atoms with van der Waals surface area (Å²) in [6.45, 7) is 2.82. The molecule has 1 aromatic carbocycles. The van der Waals surface area contributed by atoms with E-state index in [4.69, 9.17) is 5.84 Å². The molecule has 0 amide bonds. The average Bonchev–Trinajstić information content (AvgIpc) is 2.82. The van der Waals surface area contributed by atoms with Crippen molar-refractivity contribution in [2.75, 3.05) is 0 Å². The third kappa shape index (κ3) is 3.66. The quantitative estimate of drug-likeness (QED) is 0.616. The minimum Gasteiger partial charge on any atom is -0.271 e. The molecule has 2 rings (SSSR count). The summed E-state index contributed by atoms with van der Waals surface area (Å²) in [5.41, 5.74) is 4.27. The van der Waals surface area contributed by atoms with Gasteiger partial charge < -0.3 is 0 Å². The van der Waals surface area contributed by atoms with Crippen LogP contribution in [0.1, 0.15) is 30.6 Å². The lowest BCUT2D eigenvalue weighted by Gasteiger charge is -2.18. The lowest BCUT2D eigenvalue weighted by atomic mass is 10.0. The van der Waals surface area contributed by atoms with Crippen LogP contribution in [0.5, 0.6) is 0 Å². The third-order valence-electron chi connectivity index (χ3n) is 3.22. The maximum absolute atomic E-state index is 13.3. The van der Waals surface area contributed by atoms with E-state index in [0.29, 0.717) is 12.0 Å². The Kier molecular flexibility index (Phi) is 5.44. The predicted octanol–water partition coefficient (Wildman–Crippen LogP) is 3.08. The van der Waals surface area contributed by atoms with Crippen LogP contribution in [0.4, 0.5) is 8.78 Å². The van der Waals surface area contributed by atoms with Gasteiger partial charge in [0.1, 0.15) is 0 Å². The van der Waals surface area contributed by atoms with E-state index in [1.807, 2.05) is 4.68 Å². The van der Waals surface area contributed by atoms with Gasteiger partial charge in [-0.3, -0.25) is 16.0 Å². The number of nitrogens with zero attached hydrogens (tertiary/aromatic N) is 2. The highest BCUT2D eigenvalue weighted by Gasteiger charge is 2.20. The molecule has 0 saturated heterocycles. The average molecular weight is 359 g/mol. The number of benzene rings is 1. The second-order valence-corrected chi connectivity index (χ2v) is 5.63. The fourth-order valence-corrected chi connectivity index (χ4v) is 2.82. The van der Waals surface area contributed by atoms with E-state index in [0.717, 1.165) is 29.2 Å². The standard InChI is InChI=1S/C14H17BrF2N4/c1-2-5-21-14(10(15)8-19-21)13(20-18)7-9-3-4-11(16)12(17)6-9/h3-4,6,8,13,20H,2,5,7,18H2,1H3. The van der Waals surface area contributed by atoms with Gasteiger partial charge in [-0.05, 0) is 46.5 Å². The van der Waals surface area contributed by atoms with E-state index in [9.17, 15) is 8.78 Å². The summed E-state index contributed by atoms with van der Waals surface area (Å²) in [4.78, 5) is 0. The van der Waals surface area contributed by atoms with Gasteiger partial charge in [-0.15, -0.1) is 0 Å². The Bertz CT molecular complexity index is 615. The summed E-state index contributed by atoms with van der Waals surface area (Å²) in [5, 5.41) is 4.29. The van der Waals surface area contributed by atoms with Crippen LogP contribution in [0.2, 0.25) is 0 Å². The van der Waals surface area contributed by atoms with Crippen LogP contribution in [0.15, 0.2) is 28.9 Å². The molecule has 1 heterocycles. The van der Waals surface area contributed by atoms with Crippen LogP contribution in [0.3, 0.4) is 0 Å². The zero-order chi connectivity index (χ0) is 15.4. The Labute approximate surface area is 130 Å². The number of nitrogens with two attached hydrogens (primary N) is 1. The maximum Gasteiger partial charge on any atom is 0.159 e. The fraction of sp³-hybridized carbons (Fsp3) is 0.357. The Hall–Kier alpha value is -1.31. The van der Waals surface area contributed by atoms with Gasteiger partial charge in [0.15, 0.2) is 11.6 Å². The molecule has 0 aliphatic heterocycles. The van der Waals surface area contributed by atoms with Crippen LogP contribution >= 0.6 is 15.9 Å². The zero-order valence-electron chi connectivity index (χ0n) is 11.6. The number of aromatic nitrogens is 2. The number of halogens is 3. The fourth-order valence-electron chi connectivity index (χ4n) is 2.25. The smallest absolute Gasteiger partial charge is 0.159 e. The van der Waals surface area contributed by atoms with Gasteiger partial charge in [-0.25, -0.2) is 8.78 Å². The Morgan fingerprint density at radius 2 is 2.14 bits per heavy atom. The minimum atomic E-state index is -0.857. The molecule has 0 bridgehead atoms. The predicted molar refractivity (Wildman–Crippen MR) is 80.3 cm³/mol. The first-order chi connectivity index (χ1) is 10.1. The molecule has 114 valence electrons. The van der Waals surface area contributed by atoms with Crippen molar-refractivity contribution in [3.63, 3.8) is 0 Å². The van der Waals surface area contributed by atoms with Crippen molar-refractivity contribution in [2.24, 2.45) is 5.84 Å². The summed E-state index contributed by atoms with van der Waals surface area (Å²) in [5.74, 6) is 3.92. The highest BCUT2D eigenvalue weighted by Crippen LogP contribution is 2.26. The molecule has 1 unspecified atom stereocenters. The molecule has 0 fully saturated rings. The largest absolute Gasteiger partial charge is 0.271 e. The van der Waals surface area contributed by atoms with E-state index in [2.05, 4.69) is 33.4 Å². The topological polar surface area (TPSA) is 55.9 Å². The van der Waals surface area contributed by atoms with E-state index in [-0.39, 0.29) is 6.04 Å². The molecule has 0 spiro atoms. The molecule has 0 saturated carbocycles.